The number of phenols is 2. The molecule has 2 aromatic carbocycles. The molecule has 0 radical (unpaired) electrons. The Morgan fingerprint density at radius 1 is 0.882 bits per heavy atom. The van der Waals surface area contributed by atoms with Crippen LogP contribution in [0.4, 0.5) is 0 Å². The van der Waals surface area contributed by atoms with E-state index in [1.165, 1.54) is 0 Å². The first kappa shape index (κ1) is 11.5. The topological polar surface area (TPSA) is 40.5 Å². The van der Waals surface area contributed by atoms with E-state index in [4.69, 9.17) is 0 Å². The lowest BCUT2D eigenvalue weighted by atomic mass is 9.92. The molecule has 0 spiro atoms. The molecular weight excluding hydrogens is 212 g/mol. The summed E-state index contributed by atoms with van der Waals surface area (Å²) in [5.41, 5.74) is 4.95. The van der Waals surface area contributed by atoms with Crippen LogP contribution < -0.4 is 0 Å². The molecule has 0 saturated heterocycles. The average molecular weight is 228 g/mol. The molecule has 0 atom stereocenters. The molecule has 0 amide bonds. The molecule has 0 heterocycles. The highest BCUT2D eigenvalue weighted by atomic mass is 16.3. The monoisotopic (exact) mass is 228 g/mol. The van der Waals surface area contributed by atoms with Crippen molar-refractivity contribution in [2.75, 3.05) is 0 Å². The van der Waals surface area contributed by atoms with Gasteiger partial charge in [0.15, 0.2) is 0 Å². The molecule has 0 aliphatic carbocycles. The van der Waals surface area contributed by atoms with E-state index in [1.54, 1.807) is 18.2 Å². The number of benzene rings is 2. The predicted molar refractivity (Wildman–Crippen MR) is 69.4 cm³/mol. The van der Waals surface area contributed by atoms with Gasteiger partial charge >= 0.3 is 0 Å². The van der Waals surface area contributed by atoms with E-state index in [2.05, 4.69) is 0 Å². The van der Waals surface area contributed by atoms with Crippen molar-refractivity contribution < 1.29 is 10.2 Å². The Hall–Kier alpha value is -1.96. The van der Waals surface area contributed by atoms with Crippen molar-refractivity contribution in [3.05, 3.63) is 47.0 Å². The van der Waals surface area contributed by atoms with E-state index in [-0.39, 0.29) is 5.75 Å². The van der Waals surface area contributed by atoms with Gasteiger partial charge in [-0.15, -0.1) is 0 Å². The van der Waals surface area contributed by atoms with Crippen LogP contribution in [0.1, 0.15) is 16.7 Å². The normalized spacial score (nSPS) is 10.5. The number of hydrogen-bond donors (Lipinski definition) is 2. The van der Waals surface area contributed by atoms with Gasteiger partial charge in [-0.2, -0.15) is 0 Å². The summed E-state index contributed by atoms with van der Waals surface area (Å²) in [5, 5.41) is 19.4. The Labute approximate surface area is 101 Å². The highest BCUT2D eigenvalue weighted by Crippen LogP contribution is 2.35. The second-order valence-electron chi connectivity index (χ2n) is 4.39. The summed E-state index contributed by atoms with van der Waals surface area (Å²) >= 11 is 0. The van der Waals surface area contributed by atoms with E-state index in [1.807, 2.05) is 32.9 Å². The van der Waals surface area contributed by atoms with Gasteiger partial charge in [-0.05, 0) is 66.8 Å². The van der Waals surface area contributed by atoms with Crippen LogP contribution >= 0.6 is 0 Å². The Morgan fingerprint density at radius 2 is 1.59 bits per heavy atom. The summed E-state index contributed by atoms with van der Waals surface area (Å²) in [7, 11) is 0. The van der Waals surface area contributed by atoms with Crippen molar-refractivity contribution in [2.24, 2.45) is 0 Å². The van der Waals surface area contributed by atoms with Crippen molar-refractivity contribution in [1.29, 1.82) is 0 Å². The van der Waals surface area contributed by atoms with Crippen molar-refractivity contribution in [3.63, 3.8) is 0 Å². The molecule has 2 rings (SSSR count). The maximum absolute atomic E-state index is 9.87. The zero-order chi connectivity index (χ0) is 12.6. The Kier molecular flexibility index (Phi) is 2.80. The Morgan fingerprint density at radius 3 is 2.24 bits per heavy atom. The first-order valence-electron chi connectivity index (χ1n) is 5.60. The van der Waals surface area contributed by atoms with E-state index in [0.717, 1.165) is 27.8 Å². The number of phenolic OH excluding ortho intramolecular Hbond substituents is 2. The number of rotatable bonds is 1. The van der Waals surface area contributed by atoms with Crippen LogP contribution in [-0.4, -0.2) is 10.2 Å². The van der Waals surface area contributed by atoms with Crippen LogP contribution in [0.25, 0.3) is 11.1 Å². The summed E-state index contributed by atoms with van der Waals surface area (Å²) < 4.78 is 0. The smallest absolute Gasteiger partial charge is 0.119 e. The van der Waals surface area contributed by atoms with E-state index >= 15 is 0 Å². The van der Waals surface area contributed by atoms with Gasteiger partial charge in [0, 0.05) is 0 Å². The van der Waals surface area contributed by atoms with Gasteiger partial charge in [0.1, 0.15) is 11.5 Å². The largest absolute Gasteiger partial charge is 0.508 e. The first-order valence-corrected chi connectivity index (χ1v) is 5.60. The molecule has 0 unspecified atom stereocenters. The Balaban J connectivity index is 2.75. The molecule has 0 bridgehead atoms. The van der Waals surface area contributed by atoms with E-state index in [9.17, 15) is 10.2 Å². The molecule has 0 aliphatic heterocycles. The molecule has 2 heteroatoms. The van der Waals surface area contributed by atoms with Crippen LogP contribution in [0, 0.1) is 20.8 Å². The van der Waals surface area contributed by atoms with Crippen LogP contribution in [0.15, 0.2) is 30.3 Å². The second kappa shape index (κ2) is 4.13. The van der Waals surface area contributed by atoms with Gasteiger partial charge in [0.25, 0.3) is 0 Å². The van der Waals surface area contributed by atoms with E-state index in [0.29, 0.717) is 5.75 Å². The van der Waals surface area contributed by atoms with Crippen molar-refractivity contribution in [3.8, 4) is 22.6 Å². The minimum atomic E-state index is 0.238. The third-order valence-corrected chi connectivity index (χ3v) is 3.21. The third kappa shape index (κ3) is 1.98. The molecule has 2 nitrogen and oxygen atoms in total. The molecular formula is C15H16O2. The summed E-state index contributed by atoms with van der Waals surface area (Å²) in [6.45, 7) is 5.89. The minimum Gasteiger partial charge on any atom is -0.508 e. The van der Waals surface area contributed by atoms with Crippen molar-refractivity contribution in [2.45, 2.75) is 20.8 Å². The fraction of sp³-hybridized carbons (Fsp3) is 0.200. The van der Waals surface area contributed by atoms with Gasteiger partial charge in [-0.3, -0.25) is 0 Å². The summed E-state index contributed by atoms with van der Waals surface area (Å²) in [5.74, 6) is 0.536. The number of aromatic hydroxyl groups is 2. The average Bonchev–Trinajstić information content (AvgIpc) is 2.27. The maximum atomic E-state index is 9.87. The number of aryl methyl sites for hydroxylation is 1. The zero-order valence-corrected chi connectivity index (χ0v) is 10.3. The quantitative estimate of drug-likeness (QED) is 0.781. The lowest BCUT2D eigenvalue weighted by molar-refractivity contribution is 0.470. The fourth-order valence-electron chi connectivity index (χ4n) is 2.12. The second-order valence-corrected chi connectivity index (χ2v) is 4.39. The van der Waals surface area contributed by atoms with Gasteiger partial charge in [-0.1, -0.05) is 12.1 Å². The number of hydrogen-bond acceptors (Lipinski definition) is 2. The summed E-state index contributed by atoms with van der Waals surface area (Å²) in [4.78, 5) is 0. The standard InChI is InChI=1S/C15H16O2/c1-9-7-14(17)11(3)15(10(9)2)12-5-4-6-13(16)8-12/h4-8,16-17H,1-3H3. The lowest BCUT2D eigenvalue weighted by Gasteiger charge is -2.14. The van der Waals surface area contributed by atoms with Crippen molar-refractivity contribution in [1.82, 2.24) is 0 Å². The third-order valence-electron chi connectivity index (χ3n) is 3.21. The lowest BCUT2D eigenvalue weighted by Crippen LogP contribution is -1.92. The maximum Gasteiger partial charge on any atom is 0.119 e. The molecule has 88 valence electrons. The molecule has 2 N–H and O–H groups in total. The van der Waals surface area contributed by atoms with Crippen LogP contribution in [0.3, 0.4) is 0 Å². The SMILES string of the molecule is Cc1cc(O)c(C)c(-c2cccc(O)c2)c1C. The first-order chi connectivity index (χ1) is 8.00. The van der Waals surface area contributed by atoms with E-state index < -0.39 is 0 Å². The summed E-state index contributed by atoms with van der Waals surface area (Å²) in [6, 6.07) is 8.88. The molecule has 0 aliphatic rings. The molecule has 0 saturated carbocycles. The minimum absolute atomic E-state index is 0.238. The van der Waals surface area contributed by atoms with Gasteiger partial charge in [0.05, 0.1) is 0 Å². The zero-order valence-electron chi connectivity index (χ0n) is 10.3. The highest BCUT2D eigenvalue weighted by molar-refractivity contribution is 5.75. The fourth-order valence-corrected chi connectivity index (χ4v) is 2.12. The van der Waals surface area contributed by atoms with Crippen molar-refractivity contribution >= 4 is 0 Å². The van der Waals surface area contributed by atoms with Crippen LogP contribution in [-0.2, 0) is 0 Å². The van der Waals surface area contributed by atoms with Gasteiger partial charge in [0.2, 0.25) is 0 Å². The summed E-state index contributed by atoms with van der Waals surface area (Å²) in [6.07, 6.45) is 0. The molecule has 17 heavy (non-hydrogen) atoms. The van der Waals surface area contributed by atoms with Gasteiger partial charge < -0.3 is 10.2 Å². The highest BCUT2D eigenvalue weighted by Gasteiger charge is 2.12. The Bertz CT molecular complexity index is 545. The molecule has 0 fully saturated rings. The van der Waals surface area contributed by atoms with Gasteiger partial charge in [-0.25, -0.2) is 0 Å². The molecule has 2 aromatic rings. The van der Waals surface area contributed by atoms with Crippen LogP contribution in [0.5, 0.6) is 11.5 Å². The molecule has 0 aromatic heterocycles. The predicted octanol–water partition coefficient (Wildman–Crippen LogP) is 3.69. The van der Waals surface area contributed by atoms with Crippen LogP contribution in [0.2, 0.25) is 0 Å².